The molecule has 0 bridgehead atoms. The molecule has 0 atom stereocenters. The molecule has 6 rings (SSSR count). The van der Waals surface area contributed by atoms with E-state index < -0.39 is 0 Å². The van der Waals surface area contributed by atoms with Crippen molar-refractivity contribution in [2.24, 2.45) is 0 Å². The van der Waals surface area contributed by atoms with Gasteiger partial charge in [-0.05, 0) is 117 Å². The van der Waals surface area contributed by atoms with Gasteiger partial charge in [-0.3, -0.25) is 0 Å². The number of nitrogens with zero attached hydrogens (tertiary/aromatic N) is 2. The maximum absolute atomic E-state index is 8.72. The molecule has 38 heavy (non-hydrogen) atoms. The minimum atomic E-state index is 0. The van der Waals surface area contributed by atoms with Crippen LogP contribution in [0.1, 0.15) is 71.9 Å². The summed E-state index contributed by atoms with van der Waals surface area (Å²) >= 11 is 11.0. The minimum absolute atomic E-state index is 0. The quantitative estimate of drug-likeness (QED) is 0.141. The van der Waals surface area contributed by atoms with E-state index >= 15 is 0 Å². The summed E-state index contributed by atoms with van der Waals surface area (Å²) in [6.07, 6.45) is 15.0. The van der Waals surface area contributed by atoms with E-state index in [0.717, 1.165) is 24.2 Å². The fraction of sp³-hybridized carbons (Fsp3) is 0.400. The van der Waals surface area contributed by atoms with Crippen LogP contribution in [0, 0.1) is 5.39 Å². The van der Waals surface area contributed by atoms with E-state index in [1.165, 1.54) is 102 Å². The molecule has 0 fully saturated rings. The zero-order chi connectivity index (χ0) is 26.5. The van der Waals surface area contributed by atoms with E-state index in [1.807, 2.05) is 18.2 Å². The second-order valence-electron chi connectivity index (χ2n) is 9.54. The first-order chi connectivity index (χ1) is 18.1. The molecule has 0 unspecified atom stereocenters. The summed E-state index contributed by atoms with van der Waals surface area (Å²) in [5.41, 5.74) is 16.1. The van der Waals surface area contributed by atoms with Crippen molar-refractivity contribution in [3.8, 4) is 0 Å². The second-order valence-corrected chi connectivity index (χ2v) is 15.1. The molecule has 4 N–H and O–H groups in total. The topological polar surface area (TPSA) is 85.7 Å². The Hall–Kier alpha value is -1.20. The van der Waals surface area contributed by atoms with E-state index in [-0.39, 0.29) is 5.48 Å². The Morgan fingerprint density at radius 3 is 1.58 bits per heavy atom. The molecular formula is C30H37Br3CuN3O+. The summed E-state index contributed by atoms with van der Waals surface area (Å²) in [7, 11) is 0. The molecule has 3 aromatic carbocycles. The number of hydrogen-bond donors (Lipinski definition) is 1. The number of fused-ring (bicyclic) bond motifs is 3. The van der Waals surface area contributed by atoms with Crippen molar-refractivity contribution in [1.29, 1.82) is 5.39 Å². The number of halogens is 3. The van der Waals surface area contributed by atoms with Crippen molar-refractivity contribution < 1.29 is 16.8 Å². The molecule has 0 heterocycles. The second kappa shape index (κ2) is 18.2. The molecule has 0 spiro atoms. The van der Waals surface area contributed by atoms with Crippen LogP contribution in [0.5, 0.6) is 0 Å². The number of diazo groups is 1. The number of nitrogen functional groups attached to an aromatic ring is 1. The molecule has 0 saturated carbocycles. The molecular weight excluding hydrogens is 722 g/mol. The van der Waals surface area contributed by atoms with Crippen LogP contribution in [0.3, 0.4) is 0 Å². The summed E-state index contributed by atoms with van der Waals surface area (Å²) < 4.78 is 1.30. The van der Waals surface area contributed by atoms with E-state index in [4.69, 9.17) is 11.1 Å². The van der Waals surface area contributed by atoms with Gasteiger partial charge in [0.1, 0.15) is 0 Å². The summed E-state index contributed by atoms with van der Waals surface area (Å²) in [4.78, 5) is 3.28. The van der Waals surface area contributed by atoms with Crippen molar-refractivity contribution >= 4 is 55.5 Å². The van der Waals surface area contributed by atoms with Crippen molar-refractivity contribution in [2.45, 2.75) is 77.0 Å². The van der Waals surface area contributed by atoms with Crippen LogP contribution in [-0.2, 0) is 49.9 Å². The molecule has 4 nitrogen and oxygen atoms in total. The van der Waals surface area contributed by atoms with Gasteiger partial charge in [0.2, 0.25) is 5.39 Å². The van der Waals surface area contributed by atoms with Gasteiger partial charge >= 0.3 is 45.2 Å². The van der Waals surface area contributed by atoms with Gasteiger partial charge in [-0.15, -0.1) is 0 Å². The Kier molecular flexibility index (Phi) is 15.8. The van der Waals surface area contributed by atoms with Gasteiger partial charge in [0.05, 0.1) is 5.56 Å². The van der Waals surface area contributed by atoms with Crippen molar-refractivity contribution in [3.05, 3.63) is 97.4 Å². The van der Waals surface area contributed by atoms with Crippen LogP contribution in [-0.4, -0.2) is 5.48 Å². The molecule has 3 aliphatic carbocycles. The molecule has 0 aromatic heterocycles. The Morgan fingerprint density at radius 2 is 1.05 bits per heavy atom. The average Bonchev–Trinajstić information content (AvgIpc) is 2.94. The molecule has 3 aliphatic rings. The van der Waals surface area contributed by atoms with Gasteiger partial charge in [-0.1, -0.05) is 52.3 Å². The van der Waals surface area contributed by atoms with E-state index in [9.17, 15) is 0 Å². The fourth-order valence-corrected chi connectivity index (χ4v) is 6.01. The zero-order valence-electron chi connectivity index (χ0n) is 21.6. The standard InChI is InChI=1S/C10H11Br.C10H11N2.C10H13N.2BrH.Cu.H2O/c11-10-7-3-5-8-4-1-2-6-9(8)10;11-12-10-7-3-5-8-4-1-2-6-9(8)10;11-10-7-3-5-8-4-1-2-6-9(8)10;;;;/h3,5,7H,1-2,4,6H2;3,5,7H,1-2,4,6H2;3,5,7H,1-2,4,6,11H2;2*1H;;1H2/q;+1;;;;+2;/p-2. The Labute approximate surface area is 256 Å². The van der Waals surface area contributed by atoms with Gasteiger partial charge < -0.3 is 11.2 Å². The normalized spacial score (nSPS) is 14.6. The number of nitrogens with two attached hydrogens (primary N) is 1. The molecule has 209 valence electrons. The Bertz CT molecular complexity index is 1140. The van der Waals surface area contributed by atoms with E-state index in [0.29, 0.717) is 0 Å². The molecule has 3 aromatic rings. The molecule has 0 aliphatic heterocycles. The molecule has 0 saturated heterocycles. The Balaban J connectivity index is 0.000000188. The maximum atomic E-state index is 8.72. The number of hydrogen-bond acceptors (Lipinski definition) is 2. The summed E-state index contributed by atoms with van der Waals surface area (Å²) in [5, 5.41) is 8.72. The van der Waals surface area contributed by atoms with Crippen LogP contribution < -0.4 is 5.73 Å². The summed E-state index contributed by atoms with van der Waals surface area (Å²) in [6, 6.07) is 18.7. The van der Waals surface area contributed by atoms with Crippen LogP contribution in [0.2, 0.25) is 0 Å². The fourth-order valence-electron chi connectivity index (χ4n) is 5.40. The van der Waals surface area contributed by atoms with E-state index in [2.05, 4.69) is 85.5 Å². The third kappa shape index (κ3) is 9.77. The Morgan fingerprint density at radius 1 is 0.632 bits per heavy atom. The molecule has 8 heteroatoms. The summed E-state index contributed by atoms with van der Waals surface area (Å²) in [5.74, 6) is 0. The van der Waals surface area contributed by atoms with Gasteiger partial charge in [0, 0.05) is 16.2 Å². The number of rotatable bonds is 0. The average molecular weight is 759 g/mol. The van der Waals surface area contributed by atoms with Crippen molar-refractivity contribution in [1.82, 2.24) is 0 Å². The van der Waals surface area contributed by atoms with Crippen molar-refractivity contribution in [2.75, 3.05) is 5.73 Å². The molecule has 0 amide bonds. The number of anilines is 1. The zero-order valence-corrected chi connectivity index (χ0v) is 27.3. The van der Waals surface area contributed by atoms with Crippen LogP contribution >= 0.6 is 44.2 Å². The number of benzene rings is 3. The predicted octanol–water partition coefficient (Wildman–Crippen LogP) is 9.39. The van der Waals surface area contributed by atoms with Gasteiger partial charge in [0.25, 0.3) is 0 Å². The predicted molar refractivity (Wildman–Crippen MR) is 168 cm³/mol. The monoisotopic (exact) mass is 755 g/mol. The SMILES string of the molecule is Brc1cccc2c1CCCC2.N#[N+]c1cccc2c1CCCC2.Nc1cccc2c1CCCC2.O.[Br][Cu][Br]. The van der Waals surface area contributed by atoms with Gasteiger partial charge in [0.15, 0.2) is 4.98 Å². The van der Waals surface area contributed by atoms with Crippen LogP contribution in [0.25, 0.3) is 4.98 Å². The first kappa shape index (κ1) is 33.0. The third-order valence-electron chi connectivity index (χ3n) is 7.25. The van der Waals surface area contributed by atoms with Crippen molar-refractivity contribution in [3.63, 3.8) is 0 Å². The molecule has 0 radical (unpaired) electrons. The third-order valence-corrected chi connectivity index (χ3v) is 7.99. The first-order valence-corrected chi connectivity index (χ1v) is 18.4. The summed E-state index contributed by atoms with van der Waals surface area (Å²) in [6.45, 7) is 0. The van der Waals surface area contributed by atoms with Gasteiger partial charge in [-0.2, -0.15) is 0 Å². The van der Waals surface area contributed by atoms with Crippen LogP contribution in [0.15, 0.2) is 59.1 Å². The van der Waals surface area contributed by atoms with Gasteiger partial charge in [-0.25, -0.2) is 0 Å². The first-order valence-electron chi connectivity index (χ1n) is 13.0. The van der Waals surface area contributed by atoms with Crippen LogP contribution in [0.4, 0.5) is 11.4 Å². The number of aryl methyl sites for hydroxylation is 3. The van der Waals surface area contributed by atoms with E-state index in [1.54, 1.807) is 11.1 Å².